The molecule has 154 valence electrons. The first-order valence-corrected chi connectivity index (χ1v) is 10.3. The van der Waals surface area contributed by atoms with Crippen molar-refractivity contribution in [2.24, 2.45) is 5.92 Å². The molecule has 1 fully saturated rings. The number of piperidine rings is 1. The van der Waals surface area contributed by atoms with Crippen LogP contribution < -0.4 is 4.74 Å². The standard InChI is InChI=1S/C24H25N3O3/c28-23(13-17-27-16-5-14-25-27)26-15-4-6-20(18-26)24(29)19-9-11-22(12-10-19)30-21-7-2-1-3-8-21/h1-3,5,7-12,14,16,20H,4,6,13,15,17-18H2. The van der Waals surface area contributed by atoms with Crippen molar-refractivity contribution in [3.05, 3.63) is 78.6 Å². The third-order valence-corrected chi connectivity index (χ3v) is 5.38. The van der Waals surface area contributed by atoms with Gasteiger partial charge in [0.15, 0.2) is 5.78 Å². The normalized spacial score (nSPS) is 16.3. The van der Waals surface area contributed by atoms with Gasteiger partial charge in [-0.1, -0.05) is 18.2 Å². The Kier molecular flexibility index (Phi) is 6.23. The molecule has 0 aliphatic carbocycles. The summed E-state index contributed by atoms with van der Waals surface area (Å²) in [7, 11) is 0. The second-order valence-electron chi connectivity index (χ2n) is 7.50. The fraction of sp³-hybridized carbons (Fsp3) is 0.292. The van der Waals surface area contributed by atoms with Crippen LogP contribution in [0.1, 0.15) is 29.6 Å². The number of ketones is 1. The minimum absolute atomic E-state index is 0.0783. The summed E-state index contributed by atoms with van der Waals surface area (Å²) in [5.74, 6) is 1.46. The minimum atomic E-state index is -0.159. The Morgan fingerprint density at radius 1 is 1.00 bits per heavy atom. The minimum Gasteiger partial charge on any atom is -0.457 e. The van der Waals surface area contributed by atoms with E-state index >= 15 is 0 Å². The average molecular weight is 403 g/mol. The number of aryl methyl sites for hydroxylation is 1. The number of amides is 1. The highest BCUT2D eigenvalue weighted by Crippen LogP contribution is 2.25. The first-order chi connectivity index (χ1) is 14.7. The predicted octanol–water partition coefficient (Wildman–Crippen LogP) is 4.19. The quantitative estimate of drug-likeness (QED) is 0.555. The molecule has 4 rings (SSSR count). The molecule has 0 saturated carbocycles. The Labute approximate surface area is 176 Å². The van der Waals surface area contributed by atoms with Crippen LogP contribution in [0.15, 0.2) is 73.1 Å². The number of ether oxygens (including phenoxy) is 1. The first-order valence-electron chi connectivity index (χ1n) is 10.3. The molecule has 1 aliphatic rings. The van der Waals surface area contributed by atoms with Gasteiger partial charge in [0, 0.05) is 49.9 Å². The van der Waals surface area contributed by atoms with Gasteiger partial charge >= 0.3 is 0 Å². The van der Waals surface area contributed by atoms with Gasteiger partial charge < -0.3 is 9.64 Å². The highest BCUT2D eigenvalue weighted by molar-refractivity contribution is 5.98. The van der Waals surface area contributed by atoms with Crippen molar-refractivity contribution in [1.29, 1.82) is 0 Å². The molecule has 6 heteroatoms. The maximum absolute atomic E-state index is 13.0. The number of para-hydroxylation sites is 1. The number of likely N-dealkylation sites (tertiary alicyclic amines) is 1. The molecular formula is C24H25N3O3. The van der Waals surface area contributed by atoms with Crippen LogP contribution in [-0.4, -0.2) is 39.5 Å². The largest absolute Gasteiger partial charge is 0.457 e. The van der Waals surface area contributed by atoms with Crippen LogP contribution in [0.3, 0.4) is 0 Å². The molecule has 1 aromatic heterocycles. The Hall–Kier alpha value is -3.41. The smallest absolute Gasteiger partial charge is 0.224 e. The summed E-state index contributed by atoms with van der Waals surface area (Å²) in [4.78, 5) is 27.4. The zero-order valence-corrected chi connectivity index (χ0v) is 16.8. The summed E-state index contributed by atoms with van der Waals surface area (Å²) in [6.45, 7) is 1.76. The molecule has 0 bridgehead atoms. The summed E-state index contributed by atoms with van der Waals surface area (Å²) in [5.41, 5.74) is 0.659. The van der Waals surface area contributed by atoms with Gasteiger partial charge in [-0.15, -0.1) is 0 Å². The van der Waals surface area contributed by atoms with Crippen LogP contribution in [0.4, 0.5) is 0 Å². The molecule has 30 heavy (non-hydrogen) atoms. The molecule has 1 unspecified atom stereocenters. The Morgan fingerprint density at radius 3 is 2.50 bits per heavy atom. The molecule has 6 nitrogen and oxygen atoms in total. The number of nitrogens with zero attached hydrogens (tertiary/aromatic N) is 3. The Balaban J connectivity index is 1.33. The van der Waals surface area contributed by atoms with Crippen LogP contribution >= 0.6 is 0 Å². The zero-order chi connectivity index (χ0) is 20.8. The summed E-state index contributed by atoms with van der Waals surface area (Å²) in [5, 5.41) is 4.13. The number of carbonyl (C=O) groups is 2. The lowest BCUT2D eigenvalue weighted by Crippen LogP contribution is -2.42. The molecule has 1 saturated heterocycles. The highest BCUT2D eigenvalue weighted by atomic mass is 16.5. The van der Waals surface area contributed by atoms with E-state index < -0.39 is 0 Å². The second kappa shape index (κ2) is 9.39. The van der Waals surface area contributed by atoms with Crippen LogP contribution in [0, 0.1) is 5.92 Å². The van der Waals surface area contributed by atoms with Gasteiger partial charge in [-0.3, -0.25) is 14.3 Å². The van der Waals surface area contributed by atoms with E-state index in [1.807, 2.05) is 59.6 Å². The molecule has 3 aromatic rings. The Morgan fingerprint density at radius 2 is 1.77 bits per heavy atom. The van der Waals surface area contributed by atoms with E-state index in [-0.39, 0.29) is 17.6 Å². The molecule has 2 heterocycles. The molecule has 2 aromatic carbocycles. The molecule has 1 atom stereocenters. The van der Waals surface area contributed by atoms with Crippen LogP contribution in [0.2, 0.25) is 0 Å². The second-order valence-corrected chi connectivity index (χ2v) is 7.50. The number of carbonyl (C=O) groups excluding carboxylic acids is 2. The number of hydrogen-bond acceptors (Lipinski definition) is 4. The number of Topliss-reactive ketones (excluding diaryl/α,β-unsaturated/α-hetero) is 1. The van der Waals surface area contributed by atoms with Gasteiger partial charge in [-0.2, -0.15) is 5.10 Å². The summed E-state index contributed by atoms with van der Waals surface area (Å²) < 4.78 is 7.55. The fourth-order valence-electron chi connectivity index (χ4n) is 3.77. The maximum atomic E-state index is 13.0. The third kappa shape index (κ3) is 4.95. The van der Waals surface area contributed by atoms with Crippen molar-refractivity contribution in [1.82, 2.24) is 14.7 Å². The van der Waals surface area contributed by atoms with Gasteiger partial charge in [0.25, 0.3) is 0 Å². The molecule has 0 N–H and O–H groups in total. The van der Waals surface area contributed by atoms with Crippen molar-refractivity contribution in [3.63, 3.8) is 0 Å². The van der Waals surface area contributed by atoms with Gasteiger partial charge in [-0.05, 0) is 55.3 Å². The lowest BCUT2D eigenvalue weighted by Gasteiger charge is -2.32. The average Bonchev–Trinajstić information content (AvgIpc) is 3.32. The van der Waals surface area contributed by atoms with Crippen molar-refractivity contribution in [2.45, 2.75) is 25.8 Å². The van der Waals surface area contributed by atoms with Crippen LogP contribution in [0.5, 0.6) is 11.5 Å². The van der Waals surface area contributed by atoms with E-state index in [0.717, 1.165) is 18.6 Å². The van der Waals surface area contributed by atoms with Crippen molar-refractivity contribution in [3.8, 4) is 11.5 Å². The van der Waals surface area contributed by atoms with Gasteiger partial charge in [-0.25, -0.2) is 0 Å². The van der Waals surface area contributed by atoms with E-state index in [1.54, 1.807) is 23.0 Å². The van der Waals surface area contributed by atoms with Crippen molar-refractivity contribution >= 4 is 11.7 Å². The van der Waals surface area contributed by atoms with Gasteiger partial charge in [0.05, 0.1) is 0 Å². The number of rotatable bonds is 7. The van der Waals surface area contributed by atoms with Crippen LogP contribution in [0.25, 0.3) is 0 Å². The summed E-state index contributed by atoms with van der Waals surface area (Å²) >= 11 is 0. The monoisotopic (exact) mass is 403 g/mol. The van der Waals surface area contributed by atoms with E-state index in [4.69, 9.17) is 4.74 Å². The molecule has 0 spiro atoms. The molecular weight excluding hydrogens is 378 g/mol. The molecule has 0 radical (unpaired) electrons. The van der Waals surface area contributed by atoms with Crippen molar-refractivity contribution in [2.75, 3.05) is 13.1 Å². The topological polar surface area (TPSA) is 64.4 Å². The zero-order valence-electron chi connectivity index (χ0n) is 16.8. The van der Waals surface area contributed by atoms with E-state index in [9.17, 15) is 9.59 Å². The molecule has 1 amide bonds. The van der Waals surface area contributed by atoms with Gasteiger partial charge in [0.1, 0.15) is 11.5 Å². The lowest BCUT2D eigenvalue weighted by molar-refractivity contribution is -0.132. The molecule has 1 aliphatic heterocycles. The number of benzene rings is 2. The lowest BCUT2D eigenvalue weighted by atomic mass is 9.90. The number of aromatic nitrogens is 2. The highest BCUT2D eigenvalue weighted by Gasteiger charge is 2.28. The van der Waals surface area contributed by atoms with E-state index in [2.05, 4.69) is 5.10 Å². The van der Waals surface area contributed by atoms with E-state index in [1.165, 1.54) is 0 Å². The van der Waals surface area contributed by atoms with Gasteiger partial charge in [0.2, 0.25) is 5.91 Å². The fourth-order valence-corrected chi connectivity index (χ4v) is 3.77. The SMILES string of the molecule is O=C(c1ccc(Oc2ccccc2)cc1)C1CCCN(C(=O)CCn2cccn2)C1. The first kappa shape index (κ1) is 19.9. The summed E-state index contributed by atoms with van der Waals surface area (Å²) in [6.07, 6.45) is 5.61. The summed E-state index contributed by atoms with van der Waals surface area (Å²) in [6, 6.07) is 18.6. The third-order valence-electron chi connectivity index (χ3n) is 5.38. The predicted molar refractivity (Wildman–Crippen MR) is 113 cm³/mol. The Bertz CT molecular complexity index is 969. The maximum Gasteiger partial charge on any atom is 0.224 e. The van der Waals surface area contributed by atoms with E-state index in [0.29, 0.717) is 37.4 Å². The van der Waals surface area contributed by atoms with Crippen molar-refractivity contribution < 1.29 is 14.3 Å². The number of hydrogen-bond donors (Lipinski definition) is 0. The van der Waals surface area contributed by atoms with Crippen LogP contribution in [-0.2, 0) is 11.3 Å².